The average Bonchev–Trinajstić information content (AvgIpc) is 2.76. The molecule has 1 saturated heterocycles. The Morgan fingerprint density at radius 2 is 1.84 bits per heavy atom. The van der Waals surface area contributed by atoms with E-state index in [-0.39, 0.29) is 23.8 Å². The first-order valence-corrected chi connectivity index (χ1v) is 11.5. The van der Waals surface area contributed by atoms with Gasteiger partial charge in [-0.1, -0.05) is 6.92 Å². The Morgan fingerprint density at radius 1 is 1.10 bits per heavy atom. The number of fused-ring (bicyclic) bond motifs is 1. The van der Waals surface area contributed by atoms with Crippen molar-refractivity contribution in [2.24, 2.45) is 5.92 Å². The summed E-state index contributed by atoms with van der Waals surface area (Å²) in [4.78, 5) is 40.6. The number of amides is 2. The summed E-state index contributed by atoms with van der Waals surface area (Å²) >= 11 is 6.87. The molecule has 0 bridgehead atoms. The van der Waals surface area contributed by atoms with Gasteiger partial charge in [0.05, 0.1) is 15.6 Å². The lowest BCUT2D eigenvalue weighted by Crippen LogP contribution is -2.53. The van der Waals surface area contributed by atoms with Crippen LogP contribution < -0.4 is 5.32 Å². The maximum absolute atomic E-state index is 13.1. The van der Waals surface area contributed by atoms with E-state index in [1.807, 2.05) is 13.0 Å². The van der Waals surface area contributed by atoms with Gasteiger partial charge in [0.25, 0.3) is 11.8 Å². The van der Waals surface area contributed by atoms with Crippen LogP contribution in [0, 0.1) is 12.8 Å². The molecule has 31 heavy (non-hydrogen) atoms. The smallest absolute Gasteiger partial charge is 0.270 e. The van der Waals surface area contributed by atoms with E-state index in [4.69, 9.17) is 0 Å². The van der Waals surface area contributed by atoms with Crippen LogP contribution in [0.25, 0.3) is 10.9 Å². The predicted molar refractivity (Wildman–Crippen MR) is 125 cm³/mol. The zero-order chi connectivity index (χ0) is 22.1. The van der Waals surface area contributed by atoms with Crippen molar-refractivity contribution in [2.75, 3.05) is 13.1 Å². The minimum absolute atomic E-state index is 0.0716. The Balaban J connectivity index is 1.51. The van der Waals surface area contributed by atoms with Gasteiger partial charge in [0.2, 0.25) is 0 Å². The standard InChI is InChI=1S/C22H21Br2N5O2/c1-12-5-6-29(22(31)15-8-26-9-16(23)13(15)2)11-19(12)28-21(30)18-4-3-14-7-25-10-17(24)20(14)27-18/h3-4,7-10,12,19H,5-6,11H2,1-2H3,(H,28,30). The van der Waals surface area contributed by atoms with Crippen molar-refractivity contribution in [1.29, 1.82) is 0 Å². The monoisotopic (exact) mass is 545 g/mol. The van der Waals surface area contributed by atoms with E-state index in [0.29, 0.717) is 29.9 Å². The number of hydrogen-bond acceptors (Lipinski definition) is 5. The second-order valence-corrected chi connectivity index (χ2v) is 9.49. The van der Waals surface area contributed by atoms with Crippen molar-refractivity contribution in [3.8, 4) is 0 Å². The molecule has 160 valence electrons. The van der Waals surface area contributed by atoms with Gasteiger partial charge in [0, 0.05) is 53.8 Å². The Labute approximate surface area is 196 Å². The number of nitrogens with one attached hydrogen (secondary N) is 1. The number of rotatable bonds is 3. The van der Waals surface area contributed by atoms with Gasteiger partial charge in [-0.3, -0.25) is 19.6 Å². The van der Waals surface area contributed by atoms with Crippen LogP contribution in [0.1, 0.15) is 39.8 Å². The Hall–Kier alpha value is -2.39. The van der Waals surface area contributed by atoms with Gasteiger partial charge in [-0.25, -0.2) is 4.98 Å². The summed E-state index contributed by atoms with van der Waals surface area (Å²) in [6.45, 7) is 5.07. The molecule has 2 amide bonds. The molecular formula is C22H21Br2N5O2. The van der Waals surface area contributed by atoms with E-state index in [1.165, 1.54) is 0 Å². The van der Waals surface area contributed by atoms with Crippen molar-refractivity contribution >= 4 is 54.6 Å². The van der Waals surface area contributed by atoms with E-state index >= 15 is 0 Å². The zero-order valence-electron chi connectivity index (χ0n) is 17.1. The quantitative estimate of drug-likeness (QED) is 0.533. The summed E-state index contributed by atoms with van der Waals surface area (Å²) < 4.78 is 1.54. The molecule has 0 spiro atoms. The summed E-state index contributed by atoms with van der Waals surface area (Å²) in [6, 6.07) is 3.36. The topological polar surface area (TPSA) is 88.1 Å². The van der Waals surface area contributed by atoms with E-state index in [9.17, 15) is 9.59 Å². The van der Waals surface area contributed by atoms with Crippen LogP contribution in [0.3, 0.4) is 0 Å². The van der Waals surface area contributed by atoms with Crippen LogP contribution in [-0.2, 0) is 0 Å². The molecule has 1 aliphatic heterocycles. The Morgan fingerprint density at radius 3 is 2.65 bits per heavy atom. The largest absolute Gasteiger partial charge is 0.346 e. The molecule has 3 aromatic rings. The van der Waals surface area contributed by atoms with Crippen LogP contribution in [-0.4, -0.2) is 50.8 Å². The number of carbonyl (C=O) groups excluding carboxylic acids is 2. The third-order valence-corrected chi connectivity index (χ3v) is 7.11. The Bertz CT molecular complexity index is 1170. The molecule has 3 aromatic heterocycles. The van der Waals surface area contributed by atoms with Crippen molar-refractivity contribution in [1.82, 2.24) is 25.2 Å². The summed E-state index contributed by atoms with van der Waals surface area (Å²) in [7, 11) is 0. The van der Waals surface area contributed by atoms with E-state index in [0.717, 1.165) is 26.3 Å². The third-order valence-electron chi connectivity index (χ3n) is 5.73. The SMILES string of the molecule is Cc1c(Br)cncc1C(=O)N1CCC(C)C(NC(=O)c2ccc3cncc(Br)c3n2)C1. The fraction of sp³-hybridized carbons (Fsp3) is 0.318. The van der Waals surface area contributed by atoms with Crippen LogP contribution in [0.15, 0.2) is 45.9 Å². The molecule has 1 fully saturated rings. The molecule has 0 radical (unpaired) electrons. The zero-order valence-corrected chi connectivity index (χ0v) is 20.3. The van der Waals surface area contributed by atoms with Gasteiger partial charge in [-0.05, 0) is 68.8 Å². The highest BCUT2D eigenvalue weighted by Crippen LogP contribution is 2.24. The Kier molecular flexibility index (Phi) is 6.34. The number of piperidine rings is 1. The molecule has 2 unspecified atom stereocenters. The van der Waals surface area contributed by atoms with Gasteiger partial charge in [-0.15, -0.1) is 0 Å². The molecule has 7 nitrogen and oxygen atoms in total. The second-order valence-electron chi connectivity index (χ2n) is 7.78. The lowest BCUT2D eigenvalue weighted by atomic mass is 9.92. The first kappa shape index (κ1) is 21.8. The van der Waals surface area contributed by atoms with E-state index < -0.39 is 0 Å². The predicted octanol–water partition coefficient (Wildman–Crippen LogP) is 4.14. The molecular weight excluding hydrogens is 526 g/mol. The second kappa shape index (κ2) is 9.00. The fourth-order valence-corrected chi connectivity index (χ4v) is 4.47. The first-order valence-electron chi connectivity index (χ1n) is 9.95. The molecule has 9 heteroatoms. The van der Waals surface area contributed by atoms with Gasteiger partial charge in [0.1, 0.15) is 5.69 Å². The molecule has 0 aliphatic carbocycles. The minimum atomic E-state index is -0.253. The van der Waals surface area contributed by atoms with E-state index in [1.54, 1.807) is 35.8 Å². The summed E-state index contributed by atoms with van der Waals surface area (Å²) in [6.07, 6.45) is 7.44. The van der Waals surface area contributed by atoms with Crippen LogP contribution >= 0.6 is 31.9 Å². The van der Waals surface area contributed by atoms with Gasteiger partial charge in [-0.2, -0.15) is 0 Å². The lowest BCUT2D eigenvalue weighted by molar-refractivity contribution is 0.0623. The minimum Gasteiger partial charge on any atom is -0.346 e. The highest BCUT2D eigenvalue weighted by atomic mass is 79.9. The summed E-state index contributed by atoms with van der Waals surface area (Å²) in [5.74, 6) is -0.0825. The summed E-state index contributed by atoms with van der Waals surface area (Å²) in [5, 5.41) is 3.93. The average molecular weight is 547 g/mol. The number of pyridine rings is 3. The van der Waals surface area contributed by atoms with Crippen LogP contribution in [0.2, 0.25) is 0 Å². The van der Waals surface area contributed by atoms with Gasteiger partial charge >= 0.3 is 0 Å². The number of halogens is 2. The highest BCUT2D eigenvalue weighted by molar-refractivity contribution is 9.11. The van der Waals surface area contributed by atoms with Crippen molar-refractivity contribution in [2.45, 2.75) is 26.3 Å². The lowest BCUT2D eigenvalue weighted by Gasteiger charge is -2.37. The maximum atomic E-state index is 13.1. The van der Waals surface area contributed by atoms with Crippen LogP contribution in [0.4, 0.5) is 0 Å². The number of carbonyl (C=O) groups is 2. The van der Waals surface area contributed by atoms with E-state index in [2.05, 4.69) is 59.1 Å². The number of nitrogens with zero attached hydrogens (tertiary/aromatic N) is 4. The van der Waals surface area contributed by atoms with Gasteiger partial charge < -0.3 is 10.2 Å². The van der Waals surface area contributed by atoms with Gasteiger partial charge in [0.15, 0.2) is 0 Å². The highest BCUT2D eigenvalue weighted by Gasteiger charge is 2.31. The molecule has 1 aliphatic rings. The normalized spacial score (nSPS) is 18.8. The molecule has 0 aromatic carbocycles. The third kappa shape index (κ3) is 4.48. The maximum Gasteiger partial charge on any atom is 0.270 e. The number of hydrogen-bond donors (Lipinski definition) is 1. The molecule has 4 heterocycles. The van der Waals surface area contributed by atoms with Crippen molar-refractivity contribution in [3.05, 3.63) is 62.7 Å². The molecule has 0 saturated carbocycles. The fourth-order valence-electron chi connectivity index (χ4n) is 3.71. The molecule has 1 N–H and O–H groups in total. The number of aromatic nitrogens is 3. The van der Waals surface area contributed by atoms with Crippen molar-refractivity contribution < 1.29 is 9.59 Å². The molecule has 2 atom stereocenters. The van der Waals surface area contributed by atoms with Crippen molar-refractivity contribution in [3.63, 3.8) is 0 Å². The molecule has 4 rings (SSSR count). The summed E-state index contributed by atoms with van der Waals surface area (Å²) in [5.41, 5.74) is 2.46. The van der Waals surface area contributed by atoms with Crippen LogP contribution in [0.5, 0.6) is 0 Å². The number of likely N-dealkylation sites (tertiary alicyclic amines) is 1. The first-order chi connectivity index (χ1) is 14.8.